The number of hydrogen-bond donors (Lipinski definition) is 5. The van der Waals surface area contributed by atoms with Gasteiger partial charge in [-0.2, -0.15) is 0 Å². The van der Waals surface area contributed by atoms with Gasteiger partial charge in [0.15, 0.2) is 0 Å². The van der Waals surface area contributed by atoms with Crippen molar-refractivity contribution in [1.82, 2.24) is 15.5 Å². The summed E-state index contributed by atoms with van der Waals surface area (Å²) in [7, 11) is -2.33. The van der Waals surface area contributed by atoms with E-state index in [-0.39, 0.29) is 37.3 Å². The summed E-state index contributed by atoms with van der Waals surface area (Å²) in [5.41, 5.74) is 4.62. The van der Waals surface area contributed by atoms with E-state index in [1.807, 2.05) is 24.3 Å². The molecule has 0 aliphatic carbocycles. The number of rotatable bonds is 8. The summed E-state index contributed by atoms with van der Waals surface area (Å²) in [4.78, 5) is 54.5. The van der Waals surface area contributed by atoms with E-state index in [0.29, 0.717) is 17.3 Å². The zero-order valence-corrected chi connectivity index (χ0v) is 24.4. The van der Waals surface area contributed by atoms with Crippen LogP contribution in [0.5, 0.6) is 0 Å². The Balaban J connectivity index is 1.29. The number of benzene rings is 3. The monoisotopic (exact) mass is 611 g/mol. The van der Waals surface area contributed by atoms with Gasteiger partial charge in [0.05, 0.1) is 25.7 Å². The van der Waals surface area contributed by atoms with Gasteiger partial charge in [-0.1, -0.05) is 36.4 Å². The molecule has 6 rings (SSSR count). The molecule has 0 bridgehead atoms. The Morgan fingerprint density at radius 2 is 1.40 bits per heavy atom. The van der Waals surface area contributed by atoms with E-state index in [2.05, 4.69) is 10.6 Å². The van der Waals surface area contributed by atoms with E-state index < -0.39 is 56.1 Å². The fourth-order valence-electron chi connectivity index (χ4n) is 6.12. The fraction of sp³-hybridized carbons (Fsp3) is 0.290. The minimum Gasteiger partial charge on any atom is -0.481 e. The van der Waals surface area contributed by atoms with Gasteiger partial charge in [-0.15, -0.1) is 0 Å². The molecule has 3 aliphatic rings. The Bertz CT molecular complexity index is 1690. The largest absolute Gasteiger partial charge is 0.491 e. The molecule has 0 aromatic heterocycles. The van der Waals surface area contributed by atoms with Crippen molar-refractivity contribution < 1.29 is 43.6 Å². The molecule has 3 heterocycles. The number of nitrogens with one attached hydrogen (secondary N) is 2. The molecule has 3 aromatic rings. The summed E-state index contributed by atoms with van der Waals surface area (Å²) in [6, 6.07) is 14.1. The number of nitrogens with zero attached hydrogens (tertiary/aromatic N) is 1. The maximum Gasteiger partial charge on any atom is 0.491 e. The van der Waals surface area contributed by atoms with Crippen LogP contribution < -0.4 is 21.6 Å². The van der Waals surface area contributed by atoms with E-state index in [9.17, 15) is 34.3 Å². The lowest BCUT2D eigenvalue weighted by molar-refractivity contribution is -0.142. The smallest absolute Gasteiger partial charge is 0.481 e. The van der Waals surface area contributed by atoms with Crippen LogP contribution in [0.2, 0.25) is 0 Å². The standard InChI is InChI=1S/C31H31B2N3O9/c1-17(34-29(39)19-6-8-22-15-44-32(42)25(22)11-19)28(35-30(40)20-7-9-23-16-45-33(43)26(23)12-20)31(41)36-14-21-5-3-2-4-18(21)10-24(36)13-27(37)38/h2-9,11-12,17,24,28,42-43H,10,13-16H2,1H3,(H,34,39)(H,35,40)(H,37,38)/t17-,24?,28-/m0/s1. The van der Waals surface area contributed by atoms with Gasteiger partial charge in [-0.3, -0.25) is 19.2 Å². The molecule has 3 amide bonds. The normalized spacial score (nSPS) is 18.0. The van der Waals surface area contributed by atoms with Crippen molar-refractivity contribution in [2.45, 2.75) is 57.6 Å². The van der Waals surface area contributed by atoms with Crippen LogP contribution in [-0.4, -0.2) is 76.1 Å². The molecule has 45 heavy (non-hydrogen) atoms. The molecule has 3 atom stereocenters. The molecule has 230 valence electrons. The van der Waals surface area contributed by atoms with Crippen molar-refractivity contribution in [3.8, 4) is 0 Å². The van der Waals surface area contributed by atoms with E-state index in [1.165, 1.54) is 17.0 Å². The first-order chi connectivity index (χ1) is 21.6. The predicted octanol–water partition coefficient (Wildman–Crippen LogP) is -0.533. The first-order valence-electron chi connectivity index (χ1n) is 14.6. The van der Waals surface area contributed by atoms with Gasteiger partial charge in [0, 0.05) is 23.7 Å². The zero-order chi connectivity index (χ0) is 31.8. The summed E-state index contributed by atoms with van der Waals surface area (Å²) in [6.07, 6.45) is 0.0154. The maximum atomic E-state index is 14.3. The van der Waals surface area contributed by atoms with Crippen molar-refractivity contribution >= 4 is 48.9 Å². The van der Waals surface area contributed by atoms with Crippen LogP contribution in [0.3, 0.4) is 0 Å². The zero-order valence-electron chi connectivity index (χ0n) is 24.4. The second kappa shape index (κ2) is 12.5. The third-order valence-electron chi connectivity index (χ3n) is 8.60. The first kappa shape index (κ1) is 30.5. The van der Waals surface area contributed by atoms with Crippen LogP contribution >= 0.6 is 0 Å². The van der Waals surface area contributed by atoms with E-state index >= 15 is 0 Å². The molecule has 0 spiro atoms. The van der Waals surface area contributed by atoms with Crippen molar-refractivity contribution in [3.05, 3.63) is 94.0 Å². The summed E-state index contributed by atoms with van der Waals surface area (Å²) in [5, 5.41) is 35.5. The van der Waals surface area contributed by atoms with Gasteiger partial charge < -0.3 is 40.0 Å². The van der Waals surface area contributed by atoms with Crippen molar-refractivity contribution in [2.24, 2.45) is 0 Å². The quantitative estimate of drug-likeness (QED) is 0.210. The summed E-state index contributed by atoms with van der Waals surface area (Å²) >= 11 is 0. The molecule has 0 saturated carbocycles. The number of fused-ring (bicyclic) bond motifs is 3. The van der Waals surface area contributed by atoms with Crippen LogP contribution in [-0.2, 0) is 45.1 Å². The molecule has 12 nitrogen and oxygen atoms in total. The van der Waals surface area contributed by atoms with Gasteiger partial charge in [-0.25, -0.2) is 0 Å². The summed E-state index contributed by atoms with van der Waals surface area (Å²) < 4.78 is 10.5. The third kappa shape index (κ3) is 6.22. The fourth-order valence-corrected chi connectivity index (χ4v) is 6.12. The van der Waals surface area contributed by atoms with E-state index in [0.717, 1.165) is 22.3 Å². The number of hydrogen-bond acceptors (Lipinski definition) is 8. The predicted molar refractivity (Wildman–Crippen MR) is 163 cm³/mol. The Morgan fingerprint density at radius 3 is 1.98 bits per heavy atom. The maximum absolute atomic E-state index is 14.3. The minimum absolute atomic E-state index is 0.130. The topological polar surface area (TPSA) is 175 Å². The van der Waals surface area contributed by atoms with Gasteiger partial charge in [0.1, 0.15) is 6.04 Å². The molecule has 1 unspecified atom stereocenters. The molecule has 14 heteroatoms. The highest BCUT2D eigenvalue weighted by Gasteiger charge is 2.39. The average Bonchev–Trinajstić information content (AvgIpc) is 3.59. The van der Waals surface area contributed by atoms with Crippen LogP contribution in [0.1, 0.15) is 56.3 Å². The Morgan fingerprint density at radius 1 is 0.844 bits per heavy atom. The average molecular weight is 611 g/mol. The van der Waals surface area contributed by atoms with E-state index in [4.69, 9.17) is 9.31 Å². The lowest BCUT2D eigenvalue weighted by Crippen LogP contribution is -2.60. The molecular formula is C31H31B2N3O9. The van der Waals surface area contributed by atoms with Gasteiger partial charge in [0.2, 0.25) is 5.91 Å². The summed E-state index contributed by atoms with van der Waals surface area (Å²) in [5.74, 6) is -2.79. The molecule has 0 fully saturated rings. The lowest BCUT2D eigenvalue weighted by atomic mass is 9.78. The van der Waals surface area contributed by atoms with Gasteiger partial charge in [-0.05, 0) is 70.8 Å². The molecular weight excluding hydrogens is 580 g/mol. The Kier molecular flexibility index (Phi) is 8.47. The SMILES string of the molecule is C[C@H](NC(=O)c1ccc2c(c1)B(O)OC2)[C@H](NC(=O)c1ccc2c(c1)B(O)OC2)C(=O)N1Cc2ccccc2CC1CC(=O)O. The molecule has 0 saturated heterocycles. The van der Waals surface area contributed by atoms with Gasteiger partial charge >= 0.3 is 20.2 Å². The number of amides is 3. The Labute approximate surface area is 259 Å². The van der Waals surface area contributed by atoms with Crippen LogP contribution in [0.15, 0.2) is 60.7 Å². The van der Waals surface area contributed by atoms with E-state index in [1.54, 1.807) is 31.2 Å². The van der Waals surface area contributed by atoms with Crippen LogP contribution in [0, 0.1) is 0 Å². The highest BCUT2D eigenvalue weighted by Crippen LogP contribution is 2.26. The van der Waals surface area contributed by atoms with Crippen LogP contribution in [0.4, 0.5) is 0 Å². The second-order valence-corrected chi connectivity index (χ2v) is 11.6. The highest BCUT2D eigenvalue weighted by molar-refractivity contribution is 6.62. The molecule has 3 aromatic carbocycles. The van der Waals surface area contributed by atoms with Crippen molar-refractivity contribution in [3.63, 3.8) is 0 Å². The highest BCUT2D eigenvalue weighted by atomic mass is 16.5. The summed E-state index contributed by atoms with van der Waals surface area (Å²) in [6.45, 7) is 2.14. The number of carboxylic acid groups (broad SMARTS) is 1. The van der Waals surface area contributed by atoms with Gasteiger partial charge in [0.25, 0.3) is 11.8 Å². The lowest BCUT2D eigenvalue weighted by Gasteiger charge is -2.39. The molecule has 3 aliphatic heterocycles. The molecule has 5 N–H and O–H groups in total. The first-order valence-corrected chi connectivity index (χ1v) is 14.6. The van der Waals surface area contributed by atoms with Crippen LogP contribution in [0.25, 0.3) is 0 Å². The number of carbonyl (C=O) groups is 4. The van der Waals surface area contributed by atoms with Crippen molar-refractivity contribution in [2.75, 3.05) is 0 Å². The third-order valence-corrected chi connectivity index (χ3v) is 8.60. The number of aliphatic carboxylic acids is 1. The van der Waals surface area contributed by atoms with Crippen molar-refractivity contribution in [1.29, 1.82) is 0 Å². The molecule has 0 radical (unpaired) electrons. The number of carboxylic acids is 1. The minimum atomic E-state index is -1.29. The Hall–Kier alpha value is -4.49. The second-order valence-electron chi connectivity index (χ2n) is 11.6. The number of carbonyl (C=O) groups excluding carboxylic acids is 3.